The van der Waals surface area contributed by atoms with Crippen LogP contribution in [-0.2, 0) is 4.74 Å². The quantitative estimate of drug-likeness (QED) is 0.825. The van der Waals surface area contributed by atoms with Gasteiger partial charge >= 0.3 is 0 Å². The number of carbonyl (C=O) groups is 1. The predicted molar refractivity (Wildman–Crippen MR) is 81.0 cm³/mol. The summed E-state index contributed by atoms with van der Waals surface area (Å²) in [5, 5.41) is 11.7. The van der Waals surface area contributed by atoms with Crippen molar-refractivity contribution in [3.63, 3.8) is 0 Å². The molecule has 1 unspecified atom stereocenters. The number of aliphatic hydroxyl groups excluding tert-OH is 1. The molecule has 1 heterocycles. The molecule has 1 fully saturated rings. The van der Waals surface area contributed by atoms with Gasteiger partial charge in [-0.3, -0.25) is 4.79 Å². The van der Waals surface area contributed by atoms with E-state index in [9.17, 15) is 4.79 Å². The highest BCUT2D eigenvalue weighted by Crippen LogP contribution is 2.15. The average molecular weight is 287 g/mol. The molecule has 1 atom stereocenters. The van der Waals surface area contributed by atoms with E-state index in [0.717, 1.165) is 37.2 Å². The zero-order valence-electron chi connectivity index (χ0n) is 12.3. The molecule has 0 bridgehead atoms. The first kappa shape index (κ1) is 15.6. The first-order chi connectivity index (χ1) is 10.2. The molecule has 1 aromatic carbocycles. The van der Waals surface area contributed by atoms with Crippen molar-refractivity contribution in [2.75, 3.05) is 26.4 Å². The van der Waals surface area contributed by atoms with Gasteiger partial charge in [0.1, 0.15) is 6.61 Å². The van der Waals surface area contributed by atoms with Crippen LogP contribution in [0.5, 0.6) is 0 Å². The molecule has 2 N–H and O–H groups in total. The topological polar surface area (TPSA) is 58.6 Å². The van der Waals surface area contributed by atoms with Crippen LogP contribution in [0.25, 0.3) is 0 Å². The highest BCUT2D eigenvalue weighted by Gasteiger charge is 2.15. The monoisotopic (exact) mass is 287 g/mol. The largest absolute Gasteiger partial charge is 0.384 e. The predicted octanol–water partition coefficient (Wildman–Crippen LogP) is 1.50. The minimum Gasteiger partial charge on any atom is -0.384 e. The minimum absolute atomic E-state index is 0.0790. The number of aliphatic hydroxyl groups is 1. The lowest BCUT2D eigenvalue weighted by Gasteiger charge is -2.09. The maximum atomic E-state index is 12.2. The van der Waals surface area contributed by atoms with Crippen LogP contribution in [0.1, 0.15) is 34.3 Å². The van der Waals surface area contributed by atoms with Gasteiger partial charge in [-0.1, -0.05) is 11.8 Å². The van der Waals surface area contributed by atoms with Crippen molar-refractivity contribution in [2.45, 2.75) is 19.8 Å². The van der Waals surface area contributed by atoms with E-state index in [2.05, 4.69) is 17.2 Å². The van der Waals surface area contributed by atoms with E-state index < -0.39 is 0 Å². The first-order valence-electron chi connectivity index (χ1n) is 7.26. The fourth-order valence-electron chi connectivity index (χ4n) is 2.43. The van der Waals surface area contributed by atoms with E-state index in [1.807, 2.05) is 19.1 Å². The van der Waals surface area contributed by atoms with Crippen LogP contribution >= 0.6 is 0 Å². The van der Waals surface area contributed by atoms with Gasteiger partial charge in [-0.25, -0.2) is 0 Å². The van der Waals surface area contributed by atoms with Crippen LogP contribution in [0.15, 0.2) is 18.2 Å². The van der Waals surface area contributed by atoms with Crippen LogP contribution in [0.3, 0.4) is 0 Å². The van der Waals surface area contributed by atoms with Gasteiger partial charge in [0.25, 0.3) is 5.91 Å². The van der Waals surface area contributed by atoms with Crippen LogP contribution in [0.4, 0.5) is 0 Å². The van der Waals surface area contributed by atoms with Crippen molar-refractivity contribution in [2.24, 2.45) is 5.92 Å². The van der Waals surface area contributed by atoms with Crippen molar-refractivity contribution < 1.29 is 14.6 Å². The second kappa shape index (κ2) is 7.82. The number of aryl methyl sites for hydroxylation is 1. The third kappa shape index (κ3) is 4.89. The van der Waals surface area contributed by atoms with E-state index in [4.69, 9.17) is 9.84 Å². The molecule has 1 aliphatic heterocycles. The molecule has 0 spiro atoms. The Morgan fingerprint density at radius 1 is 1.48 bits per heavy atom. The van der Waals surface area contributed by atoms with Gasteiger partial charge in [0.2, 0.25) is 0 Å². The summed E-state index contributed by atoms with van der Waals surface area (Å²) in [5.41, 5.74) is 2.34. The molecule has 1 saturated heterocycles. The molecule has 4 heteroatoms. The van der Waals surface area contributed by atoms with Crippen molar-refractivity contribution >= 4 is 5.91 Å². The Morgan fingerprint density at radius 2 is 2.33 bits per heavy atom. The number of hydrogen-bond donors (Lipinski definition) is 2. The van der Waals surface area contributed by atoms with Gasteiger partial charge in [0, 0.05) is 30.9 Å². The minimum atomic E-state index is -0.182. The molecule has 1 aliphatic rings. The molecule has 0 aliphatic carbocycles. The zero-order chi connectivity index (χ0) is 15.1. The summed E-state index contributed by atoms with van der Waals surface area (Å²) in [6.07, 6.45) is 2.04. The Balaban J connectivity index is 1.93. The summed E-state index contributed by atoms with van der Waals surface area (Å²) >= 11 is 0. The van der Waals surface area contributed by atoms with E-state index in [0.29, 0.717) is 18.0 Å². The Hall–Kier alpha value is -1.83. The van der Waals surface area contributed by atoms with Crippen molar-refractivity contribution in [3.8, 4) is 11.8 Å². The third-order valence-electron chi connectivity index (χ3n) is 3.51. The first-order valence-corrected chi connectivity index (χ1v) is 7.26. The molecule has 21 heavy (non-hydrogen) atoms. The maximum Gasteiger partial charge on any atom is 0.251 e. The van der Waals surface area contributed by atoms with E-state index in [1.54, 1.807) is 6.07 Å². The van der Waals surface area contributed by atoms with Crippen molar-refractivity contribution in [1.29, 1.82) is 0 Å². The number of hydrogen-bond acceptors (Lipinski definition) is 3. The summed E-state index contributed by atoms with van der Waals surface area (Å²) in [7, 11) is 0. The number of benzene rings is 1. The lowest BCUT2D eigenvalue weighted by atomic mass is 10.0. The molecule has 1 aromatic rings. The van der Waals surface area contributed by atoms with Gasteiger partial charge in [0.05, 0.1) is 0 Å². The second-order valence-electron chi connectivity index (χ2n) is 5.32. The van der Waals surface area contributed by atoms with Crippen LogP contribution < -0.4 is 5.32 Å². The summed E-state index contributed by atoms with van der Waals surface area (Å²) in [4.78, 5) is 12.2. The van der Waals surface area contributed by atoms with Crippen molar-refractivity contribution in [1.82, 2.24) is 5.32 Å². The second-order valence-corrected chi connectivity index (χ2v) is 5.32. The highest BCUT2D eigenvalue weighted by molar-refractivity contribution is 5.94. The molecule has 1 amide bonds. The molecule has 2 rings (SSSR count). The van der Waals surface area contributed by atoms with E-state index in [1.165, 1.54) is 0 Å². The van der Waals surface area contributed by atoms with Gasteiger partial charge in [0.15, 0.2) is 0 Å². The SMILES string of the molecule is Cc1cc(C#CCO)cc(C(=O)NCCC2CCOC2)c1. The van der Waals surface area contributed by atoms with Gasteiger partial charge in [-0.15, -0.1) is 0 Å². The Bertz CT molecular complexity index is 551. The average Bonchev–Trinajstić information content (AvgIpc) is 2.97. The zero-order valence-corrected chi connectivity index (χ0v) is 12.3. The van der Waals surface area contributed by atoms with E-state index in [-0.39, 0.29) is 12.5 Å². The molecule has 0 saturated carbocycles. The smallest absolute Gasteiger partial charge is 0.251 e. The molecular weight excluding hydrogens is 266 g/mol. The fraction of sp³-hybridized carbons (Fsp3) is 0.471. The summed E-state index contributed by atoms with van der Waals surface area (Å²) in [6, 6.07) is 5.50. The molecular formula is C17H21NO3. The number of amides is 1. The number of carbonyl (C=O) groups excluding carboxylic acids is 1. The molecule has 0 radical (unpaired) electrons. The van der Waals surface area contributed by atoms with Crippen LogP contribution in [0, 0.1) is 24.7 Å². The number of ether oxygens (including phenoxy) is 1. The molecule has 0 aromatic heterocycles. The van der Waals surface area contributed by atoms with Crippen LogP contribution in [-0.4, -0.2) is 37.4 Å². The summed E-state index contributed by atoms with van der Waals surface area (Å²) in [5.74, 6) is 5.92. The summed E-state index contributed by atoms with van der Waals surface area (Å²) < 4.78 is 5.32. The number of rotatable bonds is 4. The number of nitrogens with one attached hydrogen (secondary N) is 1. The molecule has 112 valence electrons. The fourth-order valence-corrected chi connectivity index (χ4v) is 2.43. The lowest BCUT2D eigenvalue weighted by molar-refractivity contribution is 0.0950. The highest BCUT2D eigenvalue weighted by atomic mass is 16.5. The maximum absolute atomic E-state index is 12.2. The van der Waals surface area contributed by atoms with Gasteiger partial charge in [-0.2, -0.15) is 0 Å². The normalized spacial score (nSPS) is 17.1. The van der Waals surface area contributed by atoms with E-state index >= 15 is 0 Å². The third-order valence-corrected chi connectivity index (χ3v) is 3.51. The van der Waals surface area contributed by atoms with Gasteiger partial charge in [-0.05, 0) is 49.4 Å². The van der Waals surface area contributed by atoms with Crippen LogP contribution in [0.2, 0.25) is 0 Å². The Kier molecular flexibility index (Phi) is 5.79. The lowest BCUT2D eigenvalue weighted by Crippen LogP contribution is -2.26. The Labute approximate surface area is 125 Å². The van der Waals surface area contributed by atoms with Crippen molar-refractivity contribution in [3.05, 3.63) is 34.9 Å². The van der Waals surface area contributed by atoms with Gasteiger partial charge < -0.3 is 15.2 Å². The summed E-state index contributed by atoms with van der Waals surface area (Å²) in [6.45, 7) is 4.05. The Morgan fingerprint density at radius 3 is 3.05 bits per heavy atom. The standard InChI is InChI=1S/C17H21NO3/c1-13-9-15(3-2-7-19)11-16(10-13)17(20)18-6-4-14-5-8-21-12-14/h9-11,14,19H,4-8,12H2,1H3,(H,18,20). The molecule has 4 nitrogen and oxygen atoms in total.